The molecule has 118 valence electrons. The Labute approximate surface area is 144 Å². The van der Waals surface area contributed by atoms with E-state index >= 15 is 0 Å². The summed E-state index contributed by atoms with van der Waals surface area (Å²) in [5, 5.41) is 4.94. The predicted molar refractivity (Wildman–Crippen MR) is 98.2 cm³/mol. The molecule has 0 aliphatic carbocycles. The van der Waals surface area contributed by atoms with Gasteiger partial charge in [-0.05, 0) is 50.2 Å². The van der Waals surface area contributed by atoms with Crippen LogP contribution in [-0.4, -0.2) is 11.6 Å². The second-order valence-electron chi connectivity index (χ2n) is 5.01. The minimum atomic E-state index is 0.670. The van der Waals surface area contributed by atoms with Gasteiger partial charge in [0.15, 0.2) is 5.13 Å². The quantitative estimate of drug-likeness (QED) is 0.624. The second kappa shape index (κ2) is 7.02. The highest BCUT2D eigenvalue weighted by Gasteiger charge is 2.10. The first-order valence-electron chi connectivity index (χ1n) is 7.39. The lowest BCUT2D eigenvalue weighted by molar-refractivity contribution is 0.340. The Hall–Kier alpha value is -2.04. The number of anilines is 2. The fourth-order valence-corrected chi connectivity index (χ4v) is 3.23. The van der Waals surface area contributed by atoms with Crippen LogP contribution >= 0.6 is 22.9 Å². The Morgan fingerprint density at radius 2 is 1.78 bits per heavy atom. The van der Waals surface area contributed by atoms with E-state index in [4.69, 9.17) is 21.3 Å². The van der Waals surface area contributed by atoms with Gasteiger partial charge in [0.1, 0.15) is 5.75 Å². The maximum atomic E-state index is 5.95. The van der Waals surface area contributed by atoms with Crippen molar-refractivity contribution in [2.75, 3.05) is 11.9 Å². The fourth-order valence-electron chi connectivity index (χ4n) is 2.25. The molecule has 3 aromatic rings. The van der Waals surface area contributed by atoms with E-state index in [-0.39, 0.29) is 0 Å². The van der Waals surface area contributed by atoms with Crippen molar-refractivity contribution in [3.8, 4) is 17.0 Å². The van der Waals surface area contributed by atoms with Gasteiger partial charge in [-0.25, -0.2) is 4.98 Å². The van der Waals surface area contributed by atoms with Crippen molar-refractivity contribution in [2.24, 2.45) is 0 Å². The minimum absolute atomic E-state index is 0.670. The smallest absolute Gasteiger partial charge is 0.187 e. The van der Waals surface area contributed by atoms with Gasteiger partial charge in [-0.3, -0.25) is 0 Å². The van der Waals surface area contributed by atoms with Gasteiger partial charge in [-0.2, -0.15) is 0 Å². The van der Waals surface area contributed by atoms with Crippen LogP contribution in [0.2, 0.25) is 5.02 Å². The zero-order chi connectivity index (χ0) is 16.2. The van der Waals surface area contributed by atoms with E-state index in [2.05, 4.69) is 12.2 Å². The van der Waals surface area contributed by atoms with Gasteiger partial charge >= 0.3 is 0 Å². The highest BCUT2D eigenvalue weighted by Crippen LogP contribution is 2.32. The summed E-state index contributed by atoms with van der Waals surface area (Å²) >= 11 is 7.58. The molecule has 0 saturated carbocycles. The SMILES string of the molecule is CCOc1ccc(Nc2nc(-c3ccc(Cl)cc3)c(C)s2)cc1. The third-order valence-corrected chi connectivity index (χ3v) is 4.47. The highest BCUT2D eigenvalue weighted by molar-refractivity contribution is 7.16. The topological polar surface area (TPSA) is 34.1 Å². The van der Waals surface area contributed by atoms with Gasteiger partial charge in [0.05, 0.1) is 12.3 Å². The summed E-state index contributed by atoms with van der Waals surface area (Å²) in [7, 11) is 0. The maximum absolute atomic E-state index is 5.95. The first-order chi connectivity index (χ1) is 11.2. The predicted octanol–water partition coefficient (Wildman–Crippen LogP) is 5.91. The number of halogens is 1. The average molecular weight is 345 g/mol. The normalized spacial score (nSPS) is 10.6. The molecule has 0 saturated heterocycles. The number of rotatable bonds is 5. The van der Waals surface area contributed by atoms with Crippen LogP contribution < -0.4 is 10.1 Å². The third kappa shape index (κ3) is 3.84. The van der Waals surface area contributed by atoms with Crippen molar-refractivity contribution in [3.05, 3.63) is 58.4 Å². The van der Waals surface area contributed by atoms with Gasteiger partial charge in [-0.15, -0.1) is 11.3 Å². The number of hydrogen-bond acceptors (Lipinski definition) is 4. The van der Waals surface area contributed by atoms with Crippen LogP contribution in [0.15, 0.2) is 48.5 Å². The first-order valence-corrected chi connectivity index (χ1v) is 8.58. The van der Waals surface area contributed by atoms with Crippen molar-refractivity contribution in [1.29, 1.82) is 0 Å². The lowest BCUT2D eigenvalue weighted by atomic mass is 10.1. The zero-order valence-electron chi connectivity index (χ0n) is 13.0. The van der Waals surface area contributed by atoms with Crippen molar-refractivity contribution in [3.63, 3.8) is 0 Å². The molecule has 2 aromatic carbocycles. The van der Waals surface area contributed by atoms with Crippen molar-refractivity contribution in [1.82, 2.24) is 4.98 Å². The van der Waals surface area contributed by atoms with Crippen LogP contribution in [0.1, 0.15) is 11.8 Å². The molecule has 1 N–H and O–H groups in total. The number of nitrogens with one attached hydrogen (secondary N) is 1. The summed E-state index contributed by atoms with van der Waals surface area (Å²) in [6, 6.07) is 15.6. The van der Waals surface area contributed by atoms with Crippen LogP contribution in [0, 0.1) is 6.92 Å². The van der Waals surface area contributed by atoms with Crippen LogP contribution in [0.5, 0.6) is 5.75 Å². The summed E-state index contributed by atoms with van der Waals surface area (Å²) in [5.41, 5.74) is 3.05. The zero-order valence-corrected chi connectivity index (χ0v) is 14.5. The molecule has 5 heteroatoms. The molecule has 0 bridgehead atoms. The van der Waals surface area contributed by atoms with Crippen LogP contribution in [0.3, 0.4) is 0 Å². The van der Waals surface area contributed by atoms with Gasteiger partial charge in [0.2, 0.25) is 0 Å². The molecule has 0 fully saturated rings. The largest absolute Gasteiger partial charge is 0.494 e. The number of aryl methyl sites for hydroxylation is 1. The Balaban J connectivity index is 1.79. The summed E-state index contributed by atoms with van der Waals surface area (Å²) in [6.45, 7) is 4.72. The molecule has 1 aromatic heterocycles. The minimum Gasteiger partial charge on any atom is -0.494 e. The summed E-state index contributed by atoms with van der Waals surface area (Å²) in [6.07, 6.45) is 0. The van der Waals surface area contributed by atoms with E-state index in [1.165, 1.54) is 4.88 Å². The molecule has 0 radical (unpaired) electrons. The van der Waals surface area contributed by atoms with Gasteiger partial charge in [0, 0.05) is 21.2 Å². The number of aromatic nitrogens is 1. The molecule has 3 rings (SSSR count). The van der Waals surface area contributed by atoms with Crippen molar-refractivity contribution >= 4 is 33.8 Å². The molecular weight excluding hydrogens is 328 g/mol. The molecule has 0 unspecified atom stereocenters. The summed E-state index contributed by atoms with van der Waals surface area (Å²) < 4.78 is 5.45. The maximum Gasteiger partial charge on any atom is 0.187 e. The van der Waals surface area contributed by atoms with Gasteiger partial charge < -0.3 is 10.1 Å². The molecule has 0 aliphatic heterocycles. The molecule has 0 spiro atoms. The van der Waals surface area contributed by atoms with E-state index in [1.807, 2.05) is 55.5 Å². The number of thiazole rings is 1. The Bertz CT molecular complexity index is 782. The van der Waals surface area contributed by atoms with E-state index in [9.17, 15) is 0 Å². The Morgan fingerprint density at radius 1 is 1.09 bits per heavy atom. The van der Waals surface area contributed by atoms with E-state index in [0.717, 1.165) is 32.8 Å². The van der Waals surface area contributed by atoms with E-state index < -0.39 is 0 Å². The molecule has 1 heterocycles. The molecule has 0 amide bonds. The fraction of sp³-hybridized carbons (Fsp3) is 0.167. The number of nitrogens with zero attached hydrogens (tertiary/aromatic N) is 1. The Kier molecular flexibility index (Phi) is 4.84. The first kappa shape index (κ1) is 15.8. The lowest BCUT2D eigenvalue weighted by Gasteiger charge is -2.05. The van der Waals surface area contributed by atoms with E-state index in [0.29, 0.717) is 6.61 Å². The van der Waals surface area contributed by atoms with Crippen LogP contribution in [0.4, 0.5) is 10.8 Å². The highest BCUT2D eigenvalue weighted by atomic mass is 35.5. The standard InChI is InChI=1S/C18H17ClN2OS/c1-3-22-16-10-8-15(9-11-16)20-18-21-17(12(2)23-18)13-4-6-14(19)7-5-13/h4-11H,3H2,1-2H3,(H,20,21). The van der Waals surface area contributed by atoms with Crippen LogP contribution in [0.25, 0.3) is 11.3 Å². The van der Waals surface area contributed by atoms with Gasteiger partial charge in [-0.1, -0.05) is 23.7 Å². The molecular formula is C18H17ClN2OS. The molecule has 0 aliphatic rings. The summed E-state index contributed by atoms with van der Waals surface area (Å²) in [5.74, 6) is 0.871. The van der Waals surface area contributed by atoms with E-state index in [1.54, 1.807) is 11.3 Å². The number of ether oxygens (including phenoxy) is 1. The molecule has 3 nitrogen and oxygen atoms in total. The molecule has 0 atom stereocenters. The van der Waals surface area contributed by atoms with Crippen molar-refractivity contribution in [2.45, 2.75) is 13.8 Å². The second-order valence-corrected chi connectivity index (χ2v) is 6.65. The monoisotopic (exact) mass is 344 g/mol. The third-order valence-electron chi connectivity index (χ3n) is 3.33. The lowest BCUT2D eigenvalue weighted by Crippen LogP contribution is -1.92. The van der Waals surface area contributed by atoms with Crippen molar-refractivity contribution < 1.29 is 4.74 Å². The molecule has 23 heavy (non-hydrogen) atoms. The number of benzene rings is 2. The number of hydrogen-bond donors (Lipinski definition) is 1. The summed E-state index contributed by atoms with van der Waals surface area (Å²) in [4.78, 5) is 5.86. The van der Waals surface area contributed by atoms with Crippen LogP contribution in [-0.2, 0) is 0 Å². The Morgan fingerprint density at radius 3 is 2.43 bits per heavy atom. The van der Waals surface area contributed by atoms with Gasteiger partial charge in [0.25, 0.3) is 0 Å². The average Bonchev–Trinajstić information content (AvgIpc) is 2.91.